The van der Waals surface area contributed by atoms with Gasteiger partial charge in [0.1, 0.15) is 0 Å². The zero-order chi connectivity index (χ0) is 16.7. The number of hydrogen-bond acceptors (Lipinski definition) is 4. The van der Waals surface area contributed by atoms with Gasteiger partial charge in [0.05, 0.1) is 26.7 Å². The van der Waals surface area contributed by atoms with Crippen molar-refractivity contribution in [2.45, 2.75) is 32.6 Å². The average Bonchev–Trinajstić information content (AvgIpc) is 2.94. The summed E-state index contributed by atoms with van der Waals surface area (Å²) in [5, 5.41) is 31.6. The molecular formula is C13H20F2N5P. The molecule has 1 saturated heterocycles. The molecule has 0 spiro atoms. The number of nitriles is 4. The van der Waals surface area contributed by atoms with Crippen LogP contribution in [-0.4, -0.2) is 31.2 Å². The van der Waals surface area contributed by atoms with Gasteiger partial charge in [0.2, 0.25) is 0 Å². The molecule has 0 aromatic rings. The summed E-state index contributed by atoms with van der Waals surface area (Å²) in [5.41, 5.74) is 0. The van der Waals surface area contributed by atoms with Gasteiger partial charge in [0, 0.05) is 12.8 Å². The van der Waals surface area contributed by atoms with Crippen molar-refractivity contribution in [3.05, 3.63) is 0 Å². The fourth-order valence-corrected chi connectivity index (χ4v) is 2.26. The Hall–Kier alpha value is -1.79. The molecule has 0 unspecified atom stereocenters. The van der Waals surface area contributed by atoms with E-state index in [2.05, 4.69) is 14.0 Å². The molecule has 5 nitrogen and oxygen atoms in total. The van der Waals surface area contributed by atoms with Crippen molar-refractivity contribution >= 4 is 6.57 Å². The Morgan fingerprint density at radius 1 is 0.952 bits per heavy atom. The van der Waals surface area contributed by atoms with Crippen LogP contribution in [0.5, 0.6) is 0 Å². The van der Waals surface area contributed by atoms with Gasteiger partial charge in [-0.2, -0.15) is 0 Å². The topological polar surface area (TPSA) is 95.2 Å². The van der Waals surface area contributed by atoms with E-state index in [0.717, 1.165) is 0 Å². The molecule has 0 aromatic carbocycles. The first-order chi connectivity index (χ1) is 9.57. The average molecular weight is 315 g/mol. The third-order valence-corrected chi connectivity index (χ3v) is 5.40. The second-order valence-electron chi connectivity index (χ2n) is 5.66. The first kappa shape index (κ1) is 19.2. The molecule has 1 heterocycles. The number of likely N-dealkylation sites (tertiary alicyclic amines) is 1. The quantitative estimate of drug-likeness (QED) is 0.584. The zero-order valence-corrected chi connectivity index (χ0v) is 13.3. The van der Waals surface area contributed by atoms with Gasteiger partial charge < -0.3 is 4.48 Å². The monoisotopic (exact) mass is 315 g/mol. The van der Waals surface area contributed by atoms with Gasteiger partial charge in [0.15, 0.2) is 0 Å². The fraction of sp³-hybridized carbons (Fsp3) is 0.692. The fourth-order valence-electron chi connectivity index (χ4n) is 2.00. The van der Waals surface area contributed by atoms with Crippen LogP contribution in [0.1, 0.15) is 32.6 Å². The van der Waals surface area contributed by atoms with E-state index in [4.69, 9.17) is 21.0 Å². The summed E-state index contributed by atoms with van der Waals surface area (Å²) < 4.78 is 27.0. The number of halogens is 2. The number of nitrogens with zero attached hydrogens (tertiary/aromatic N) is 5. The molecule has 0 aromatic heterocycles. The molecule has 1 fully saturated rings. The second kappa shape index (κ2) is 5.91. The van der Waals surface area contributed by atoms with Crippen molar-refractivity contribution in [3.63, 3.8) is 0 Å². The Morgan fingerprint density at radius 2 is 1.33 bits per heavy atom. The number of quaternary nitrogens is 1. The van der Waals surface area contributed by atoms with Crippen LogP contribution in [0.2, 0.25) is 0 Å². The number of unbranched alkanes of at least 4 members (excludes halogenated alkanes) is 1. The van der Waals surface area contributed by atoms with Crippen LogP contribution in [-0.2, 0) is 0 Å². The third kappa shape index (κ3) is 4.61. The van der Waals surface area contributed by atoms with Gasteiger partial charge in [-0.15, -0.1) is 0 Å². The molecule has 0 radical (unpaired) electrons. The van der Waals surface area contributed by atoms with E-state index in [0.29, 0.717) is 0 Å². The van der Waals surface area contributed by atoms with Crippen LogP contribution in [0.25, 0.3) is 0 Å². The molecule has 8 heteroatoms. The van der Waals surface area contributed by atoms with Crippen LogP contribution < -0.4 is 0 Å². The van der Waals surface area contributed by atoms with Crippen molar-refractivity contribution in [1.82, 2.24) is 0 Å². The van der Waals surface area contributed by atoms with Gasteiger partial charge in [-0.05, 0) is 6.42 Å². The summed E-state index contributed by atoms with van der Waals surface area (Å²) in [6, 6.07) is 0. The van der Waals surface area contributed by atoms with Crippen molar-refractivity contribution in [2.24, 2.45) is 0 Å². The molecule has 0 bridgehead atoms. The third-order valence-electron chi connectivity index (χ3n) is 3.60. The minimum absolute atomic E-state index is 0.237. The summed E-state index contributed by atoms with van der Waals surface area (Å²) >= 11 is 0. The maximum atomic E-state index is 12.8. The summed E-state index contributed by atoms with van der Waals surface area (Å²) in [4.78, 5) is 0. The van der Waals surface area contributed by atoms with E-state index in [9.17, 15) is 8.39 Å². The van der Waals surface area contributed by atoms with Crippen LogP contribution in [0.15, 0.2) is 0 Å². The first-order valence-corrected chi connectivity index (χ1v) is 9.19. The van der Waals surface area contributed by atoms with Gasteiger partial charge >= 0.3 is 59.2 Å². The summed E-state index contributed by atoms with van der Waals surface area (Å²) in [6.45, 7) is -1.03. The molecule has 0 N–H and O–H groups in total. The maximum absolute atomic E-state index is 12.8. The van der Waals surface area contributed by atoms with Gasteiger partial charge in [-0.3, -0.25) is 0 Å². The zero-order valence-electron chi connectivity index (χ0n) is 12.4. The van der Waals surface area contributed by atoms with E-state index >= 15 is 0 Å². The van der Waals surface area contributed by atoms with Crippen molar-refractivity contribution < 1.29 is 12.9 Å². The van der Waals surface area contributed by atoms with Gasteiger partial charge in [0.25, 0.3) is 0 Å². The van der Waals surface area contributed by atoms with Crippen LogP contribution >= 0.6 is 6.57 Å². The van der Waals surface area contributed by atoms with Crippen molar-refractivity contribution in [2.75, 3.05) is 26.7 Å². The minimum atomic E-state index is -7.59. The summed E-state index contributed by atoms with van der Waals surface area (Å²) in [5.74, 6) is 0.949. The number of rotatable bonds is 3. The molecule has 0 aliphatic carbocycles. The standard InChI is InChI=1S/C9H20N.C4F2N4P/c1-3-4-7-10(2)8-5-6-9-10;5-11(6,1-7,2-8,3-9)4-10/h3-9H2,1-2H3;/q+1;-1. The Bertz CT molecular complexity index is 490. The molecule has 1 aliphatic rings. The Labute approximate surface area is 123 Å². The summed E-state index contributed by atoms with van der Waals surface area (Å²) in [7, 11) is 2.41. The van der Waals surface area contributed by atoms with E-state index in [1.165, 1.54) is 49.8 Å². The summed E-state index contributed by atoms with van der Waals surface area (Å²) in [6.07, 6.45) is 5.69. The molecule has 0 saturated carbocycles. The Morgan fingerprint density at radius 3 is 1.57 bits per heavy atom. The molecule has 21 heavy (non-hydrogen) atoms. The van der Waals surface area contributed by atoms with Crippen LogP contribution in [0, 0.1) is 44.3 Å². The Balaban J connectivity index is 0.000000382. The van der Waals surface area contributed by atoms with Gasteiger partial charge in [-0.25, -0.2) is 0 Å². The molecular weight excluding hydrogens is 295 g/mol. The van der Waals surface area contributed by atoms with Gasteiger partial charge in [-0.1, -0.05) is 13.3 Å². The molecule has 1 rings (SSSR count). The van der Waals surface area contributed by atoms with Crippen LogP contribution in [0.3, 0.4) is 0 Å². The predicted octanol–water partition coefficient (Wildman–Crippen LogP) is 3.80. The molecule has 0 atom stereocenters. The van der Waals surface area contributed by atoms with Crippen LogP contribution in [0.4, 0.5) is 8.39 Å². The van der Waals surface area contributed by atoms with E-state index < -0.39 is 6.57 Å². The van der Waals surface area contributed by atoms with E-state index in [1.54, 1.807) is 0 Å². The van der Waals surface area contributed by atoms with E-state index in [-0.39, 0.29) is 23.2 Å². The van der Waals surface area contributed by atoms with Crippen molar-refractivity contribution in [3.8, 4) is 23.2 Å². The first-order valence-electron chi connectivity index (χ1n) is 6.73. The number of hydrogen-bond donors (Lipinski definition) is 0. The predicted molar refractivity (Wildman–Crippen MR) is 76.5 cm³/mol. The normalized spacial score (nSPS) is 19.2. The second-order valence-corrected chi connectivity index (χ2v) is 9.28. The molecule has 1 aliphatic heterocycles. The SMILES string of the molecule is CCCC[N+]1(C)CCCC1.N#C[P-](F)(F)(C#N)(C#N)C#N. The molecule has 116 valence electrons. The van der Waals surface area contributed by atoms with E-state index in [1.807, 2.05) is 0 Å². The Kier molecular flexibility index (Phi) is 5.41. The molecule has 0 amide bonds. The van der Waals surface area contributed by atoms with Crippen molar-refractivity contribution in [1.29, 1.82) is 21.0 Å².